The Morgan fingerprint density at radius 1 is 1.69 bits per heavy atom. The molecule has 0 radical (unpaired) electrons. The van der Waals surface area contributed by atoms with Crippen LogP contribution in [0.5, 0.6) is 0 Å². The number of aldehydes is 1. The maximum Gasteiger partial charge on any atom is 0.286 e. The van der Waals surface area contributed by atoms with Gasteiger partial charge in [-0.05, 0) is 18.1 Å². The number of aromatic nitrogens is 1. The van der Waals surface area contributed by atoms with Crippen molar-refractivity contribution in [2.24, 2.45) is 0 Å². The van der Waals surface area contributed by atoms with Crippen LogP contribution in [-0.4, -0.2) is 35.7 Å². The molecule has 1 aromatic rings. The SMILES string of the molecule is CN(CCc1cc[nH]c1)C(=O)C=O. The molecular formula is C9H12N2O2. The lowest BCUT2D eigenvalue weighted by molar-refractivity contribution is -0.137. The van der Waals surface area contributed by atoms with Gasteiger partial charge in [-0.15, -0.1) is 0 Å². The van der Waals surface area contributed by atoms with Crippen LogP contribution in [0.3, 0.4) is 0 Å². The predicted molar refractivity (Wildman–Crippen MR) is 48.2 cm³/mol. The Hall–Kier alpha value is -1.58. The number of amides is 1. The number of hydrogen-bond donors (Lipinski definition) is 1. The zero-order valence-corrected chi connectivity index (χ0v) is 7.49. The van der Waals surface area contributed by atoms with Gasteiger partial charge in [0, 0.05) is 26.0 Å². The highest BCUT2D eigenvalue weighted by atomic mass is 16.2. The fourth-order valence-corrected chi connectivity index (χ4v) is 1.01. The van der Waals surface area contributed by atoms with Crippen molar-refractivity contribution in [2.45, 2.75) is 6.42 Å². The van der Waals surface area contributed by atoms with Crippen LogP contribution in [0.25, 0.3) is 0 Å². The second-order valence-corrected chi connectivity index (χ2v) is 2.85. The van der Waals surface area contributed by atoms with Gasteiger partial charge in [-0.3, -0.25) is 9.59 Å². The van der Waals surface area contributed by atoms with Gasteiger partial charge in [0.15, 0.2) is 0 Å². The minimum Gasteiger partial charge on any atom is -0.367 e. The Bertz CT molecular complexity index is 280. The molecule has 13 heavy (non-hydrogen) atoms. The Labute approximate surface area is 76.5 Å². The van der Waals surface area contributed by atoms with E-state index in [-0.39, 0.29) is 0 Å². The molecule has 1 rings (SSSR count). The standard InChI is InChI=1S/C9H12N2O2/c1-11(9(13)7-12)5-3-8-2-4-10-6-8/h2,4,6-7,10H,3,5H2,1H3. The first-order valence-corrected chi connectivity index (χ1v) is 4.06. The zero-order chi connectivity index (χ0) is 9.68. The molecule has 4 nitrogen and oxygen atoms in total. The minimum atomic E-state index is -0.476. The molecule has 0 unspecified atom stereocenters. The maximum absolute atomic E-state index is 10.8. The minimum absolute atomic E-state index is 0.330. The third-order valence-electron chi connectivity index (χ3n) is 1.88. The van der Waals surface area contributed by atoms with Gasteiger partial charge in [0.05, 0.1) is 0 Å². The summed E-state index contributed by atoms with van der Waals surface area (Å²) in [5, 5.41) is 0. The first kappa shape index (κ1) is 9.51. The Morgan fingerprint density at radius 3 is 3.00 bits per heavy atom. The highest BCUT2D eigenvalue weighted by molar-refractivity contribution is 6.23. The van der Waals surface area contributed by atoms with Gasteiger partial charge in [0.2, 0.25) is 6.29 Å². The lowest BCUT2D eigenvalue weighted by atomic mass is 10.2. The van der Waals surface area contributed by atoms with Gasteiger partial charge in [-0.2, -0.15) is 0 Å². The molecule has 1 heterocycles. The molecule has 1 N–H and O–H groups in total. The molecule has 0 saturated carbocycles. The number of likely N-dealkylation sites (N-methyl/N-ethyl adjacent to an activating group) is 1. The second kappa shape index (κ2) is 4.45. The lowest BCUT2D eigenvalue weighted by Gasteiger charge is -2.12. The molecule has 4 heteroatoms. The molecule has 0 aromatic carbocycles. The van der Waals surface area contributed by atoms with E-state index < -0.39 is 5.91 Å². The number of H-pyrrole nitrogens is 1. The quantitative estimate of drug-likeness (QED) is 0.532. The summed E-state index contributed by atoms with van der Waals surface area (Å²) in [6.07, 6.45) is 4.80. The van der Waals surface area contributed by atoms with Crippen molar-refractivity contribution in [3.05, 3.63) is 24.0 Å². The number of hydrogen-bond acceptors (Lipinski definition) is 2. The summed E-state index contributed by atoms with van der Waals surface area (Å²) in [5.41, 5.74) is 1.13. The maximum atomic E-state index is 10.8. The van der Waals surface area contributed by atoms with Crippen LogP contribution in [-0.2, 0) is 16.0 Å². The van der Waals surface area contributed by atoms with Gasteiger partial charge >= 0.3 is 0 Å². The van der Waals surface area contributed by atoms with Gasteiger partial charge in [-0.1, -0.05) is 0 Å². The van der Waals surface area contributed by atoms with Crippen molar-refractivity contribution in [3.8, 4) is 0 Å². The van der Waals surface area contributed by atoms with Gasteiger partial charge in [0.1, 0.15) is 0 Å². The molecule has 0 aliphatic carbocycles. The Balaban J connectivity index is 2.34. The van der Waals surface area contributed by atoms with E-state index in [0.717, 1.165) is 12.0 Å². The van der Waals surface area contributed by atoms with E-state index in [0.29, 0.717) is 12.8 Å². The molecule has 1 aromatic heterocycles. The van der Waals surface area contributed by atoms with E-state index in [1.165, 1.54) is 4.90 Å². The largest absolute Gasteiger partial charge is 0.367 e. The van der Waals surface area contributed by atoms with Crippen molar-refractivity contribution in [2.75, 3.05) is 13.6 Å². The molecule has 0 spiro atoms. The van der Waals surface area contributed by atoms with Crippen molar-refractivity contribution in [1.29, 1.82) is 0 Å². The number of nitrogens with zero attached hydrogens (tertiary/aromatic N) is 1. The predicted octanol–water partition coefficient (Wildman–Crippen LogP) is 0.214. The van der Waals surface area contributed by atoms with E-state index in [4.69, 9.17) is 0 Å². The number of aromatic amines is 1. The highest BCUT2D eigenvalue weighted by Gasteiger charge is 2.05. The Morgan fingerprint density at radius 2 is 2.46 bits per heavy atom. The molecule has 0 aliphatic rings. The van der Waals surface area contributed by atoms with E-state index in [1.807, 2.05) is 18.5 Å². The van der Waals surface area contributed by atoms with Crippen LogP contribution in [0.1, 0.15) is 5.56 Å². The number of rotatable bonds is 4. The third-order valence-corrected chi connectivity index (χ3v) is 1.88. The van der Waals surface area contributed by atoms with Crippen molar-refractivity contribution in [1.82, 2.24) is 9.88 Å². The van der Waals surface area contributed by atoms with Crippen LogP contribution in [0.2, 0.25) is 0 Å². The molecule has 0 fully saturated rings. The van der Waals surface area contributed by atoms with Crippen LogP contribution in [0.4, 0.5) is 0 Å². The summed E-state index contributed by atoms with van der Waals surface area (Å²) < 4.78 is 0. The normalized spacial score (nSPS) is 9.62. The molecule has 0 atom stereocenters. The molecule has 0 aliphatic heterocycles. The molecule has 70 valence electrons. The third kappa shape index (κ3) is 2.74. The van der Waals surface area contributed by atoms with Crippen molar-refractivity contribution >= 4 is 12.2 Å². The van der Waals surface area contributed by atoms with Crippen LogP contribution < -0.4 is 0 Å². The molecule has 0 bridgehead atoms. The topological polar surface area (TPSA) is 53.2 Å². The Kier molecular flexibility index (Phi) is 3.25. The average molecular weight is 180 g/mol. The van der Waals surface area contributed by atoms with Crippen molar-refractivity contribution in [3.63, 3.8) is 0 Å². The van der Waals surface area contributed by atoms with E-state index in [1.54, 1.807) is 7.05 Å². The number of carbonyl (C=O) groups excluding carboxylic acids is 2. The van der Waals surface area contributed by atoms with Gasteiger partial charge in [-0.25, -0.2) is 0 Å². The lowest BCUT2D eigenvalue weighted by Crippen LogP contribution is -2.29. The average Bonchev–Trinajstić information content (AvgIpc) is 2.65. The van der Waals surface area contributed by atoms with Crippen molar-refractivity contribution < 1.29 is 9.59 Å². The fraction of sp³-hybridized carbons (Fsp3) is 0.333. The summed E-state index contributed by atoms with van der Waals surface area (Å²) in [6, 6.07) is 1.94. The molecular weight excluding hydrogens is 168 g/mol. The molecule has 0 saturated heterocycles. The molecule has 1 amide bonds. The van der Waals surface area contributed by atoms with E-state index in [2.05, 4.69) is 4.98 Å². The van der Waals surface area contributed by atoms with Gasteiger partial charge < -0.3 is 9.88 Å². The number of nitrogens with one attached hydrogen (secondary N) is 1. The summed E-state index contributed by atoms with van der Waals surface area (Å²) in [4.78, 5) is 25.3. The van der Waals surface area contributed by atoms with Gasteiger partial charge in [0.25, 0.3) is 5.91 Å². The second-order valence-electron chi connectivity index (χ2n) is 2.85. The fourth-order valence-electron chi connectivity index (χ4n) is 1.01. The van der Waals surface area contributed by atoms with Crippen LogP contribution in [0.15, 0.2) is 18.5 Å². The van der Waals surface area contributed by atoms with E-state index >= 15 is 0 Å². The van der Waals surface area contributed by atoms with E-state index in [9.17, 15) is 9.59 Å². The number of carbonyl (C=O) groups is 2. The van der Waals surface area contributed by atoms with Crippen LogP contribution >= 0.6 is 0 Å². The summed E-state index contributed by atoms with van der Waals surface area (Å²) in [6.45, 7) is 0.565. The summed E-state index contributed by atoms with van der Waals surface area (Å²) in [5.74, 6) is -0.476. The first-order valence-electron chi connectivity index (χ1n) is 4.06. The van der Waals surface area contributed by atoms with Crippen LogP contribution in [0, 0.1) is 0 Å². The highest BCUT2D eigenvalue weighted by Crippen LogP contribution is 1.98. The zero-order valence-electron chi connectivity index (χ0n) is 7.49. The summed E-state index contributed by atoms with van der Waals surface area (Å²) >= 11 is 0. The monoisotopic (exact) mass is 180 g/mol. The smallest absolute Gasteiger partial charge is 0.286 e. The summed E-state index contributed by atoms with van der Waals surface area (Å²) in [7, 11) is 1.61. The first-order chi connectivity index (χ1) is 6.24.